The van der Waals surface area contributed by atoms with Crippen LogP contribution in [0.15, 0.2) is 12.2 Å². The van der Waals surface area contributed by atoms with Gasteiger partial charge in [0.2, 0.25) is 0 Å². The zero-order valence-electron chi connectivity index (χ0n) is 5.80. The molecular formula is C7H14O2. The van der Waals surface area contributed by atoms with Crippen molar-refractivity contribution in [2.75, 3.05) is 6.61 Å². The largest absolute Gasteiger partial charge is 0.394 e. The van der Waals surface area contributed by atoms with Crippen LogP contribution < -0.4 is 0 Å². The molecule has 0 aromatic rings. The lowest BCUT2D eigenvalue weighted by molar-refractivity contribution is 0.0886. The van der Waals surface area contributed by atoms with Gasteiger partial charge < -0.3 is 10.2 Å². The van der Waals surface area contributed by atoms with E-state index in [1.54, 1.807) is 0 Å². The van der Waals surface area contributed by atoms with Gasteiger partial charge in [-0.1, -0.05) is 5.57 Å². The Balaban J connectivity index is 3.16. The van der Waals surface area contributed by atoms with Crippen molar-refractivity contribution in [2.45, 2.75) is 25.9 Å². The zero-order chi connectivity index (χ0) is 7.28. The van der Waals surface area contributed by atoms with Crippen molar-refractivity contribution in [3.05, 3.63) is 12.2 Å². The van der Waals surface area contributed by atoms with Gasteiger partial charge >= 0.3 is 0 Å². The predicted octanol–water partition coefficient (Wildman–Crippen LogP) is 0.696. The third kappa shape index (κ3) is 5.53. The number of aliphatic hydroxyl groups excluding tert-OH is 2. The van der Waals surface area contributed by atoms with Crippen molar-refractivity contribution in [2.24, 2.45) is 0 Å². The van der Waals surface area contributed by atoms with E-state index in [1.807, 2.05) is 6.92 Å². The second-order valence-electron chi connectivity index (χ2n) is 2.33. The van der Waals surface area contributed by atoms with E-state index in [-0.39, 0.29) is 6.61 Å². The third-order valence-electron chi connectivity index (χ3n) is 1.12. The minimum absolute atomic E-state index is 0.146. The minimum atomic E-state index is -0.568. The fourth-order valence-corrected chi connectivity index (χ4v) is 0.504. The summed E-state index contributed by atoms with van der Waals surface area (Å²) in [4.78, 5) is 0. The van der Waals surface area contributed by atoms with Crippen molar-refractivity contribution in [3.63, 3.8) is 0 Å². The van der Waals surface area contributed by atoms with Crippen LogP contribution in [0.4, 0.5) is 0 Å². The molecule has 0 saturated heterocycles. The van der Waals surface area contributed by atoms with E-state index >= 15 is 0 Å². The Labute approximate surface area is 55.8 Å². The monoisotopic (exact) mass is 130 g/mol. The number of hydrogen-bond acceptors (Lipinski definition) is 2. The number of aliphatic hydroxyl groups is 2. The molecule has 0 heterocycles. The third-order valence-corrected chi connectivity index (χ3v) is 1.12. The van der Waals surface area contributed by atoms with Crippen LogP contribution in [0.5, 0.6) is 0 Å². The normalized spacial score (nSPS) is 13.2. The molecule has 0 bridgehead atoms. The van der Waals surface area contributed by atoms with Gasteiger partial charge in [0.05, 0.1) is 12.7 Å². The first kappa shape index (κ1) is 8.66. The summed E-state index contributed by atoms with van der Waals surface area (Å²) in [6, 6.07) is 0. The van der Waals surface area contributed by atoms with Gasteiger partial charge in [0, 0.05) is 0 Å². The van der Waals surface area contributed by atoms with Crippen LogP contribution in [0.3, 0.4) is 0 Å². The standard InChI is InChI=1S/C7H14O2/c1-6(2)3-4-7(9)5-8/h7-9H,1,3-5H2,2H3/t7-/m0/s1. The second kappa shape index (κ2) is 4.53. The van der Waals surface area contributed by atoms with E-state index in [9.17, 15) is 0 Å². The van der Waals surface area contributed by atoms with E-state index < -0.39 is 6.10 Å². The smallest absolute Gasteiger partial charge is 0.0774 e. The van der Waals surface area contributed by atoms with Crippen molar-refractivity contribution in [1.82, 2.24) is 0 Å². The predicted molar refractivity (Wildman–Crippen MR) is 37.1 cm³/mol. The second-order valence-corrected chi connectivity index (χ2v) is 2.33. The van der Waals surface area contributed by atoms with Gasteiger partial charge in [-0.25, -0.2) is 0 Å². The van der Waals surface area contributed by atoms with Gasteiger partial charge in [0.1, 0.15) is 0 Å². The summed E-state index contributed by atoms with van der Waals surface area (Å²) in [5, 5.41) is 17.2. The zero-order valence-corrected chi connectivity index (χ0v) is 5.80. The van der Waals surface area contributed by atoms with Crippen LogP contribution in [0.2, 0.25) is 0 Å². The van der Waals surface area contributed by atoms with Gasteiger partial charge in [0.15, 0.2) is 0 Å². The van der Waals surface area contributed by atoms with Crippen LogP contribution in [0.1, 0.15) is 19.8 Å². The van der Waals surface area contributed by atoms with Crippen LogP contribution in [-0.2, 0) is 0 Å². The summed E-state index contributed by atoms with van der Waals surface area (Å²) < 4.78 is 0. The highest BCUT2D eigenvalue weighted by Crippen LogP contribution is 2.03. The summed E-state index contributed by atoms with van der Waals surface area (Å²) in [6.45, 7) is 5.43. The molecule has 9 heavy (non-hydrogen) atoms. The number of allylic oxidation sites excluding steroid dienone is 1. The van der Waals surface area contributed by atoms with Gasteiger partial charge in [0.25, 0.3) is 0 Å². The Kier molecular flexibility index (Phi) is 4.36. The quantitative estimate of drug-likeness (QED) is 0.550. The Morgan fingerprint density at radius 1 is 1.67 bits per heavy atom. The van der Waals surface area contributed by atoms with E-state index in [4.69, 9.17) is 10.2 Å². The first-order valence-electron chi connectivity index (χ1n) is 3.10. The van der Waals surface area contributed by atoms with Gasteiger partial charge in [-0.2, -0.15) is 0 Å². The fraction of sp³-hybridized carbons (Fsp3) is 0.714. The van der Waals surface area contributed by atoms with Gasteiger partial charge in [-0.15, -0.1) is 6.58 Å². The van der Waals surface area contributed by atoms with Crippen molar-refractivity contribution >= 4 is 0 Å². The Hall–Kier alpha value is -0.340. The average molecular weight is 130 g/mol. The van der Waals surface area contributed by atoms with E-state index in [2.05, 4.69) is 6.58 Å². The summed E-state index contributed by atoms with van der Waals surface area (Å²) >= 11 is 0. The van der Waals surface area contributed by atoms with E-state index in [1.165, 1.54) is 0 Å². The molecule has 0 aromatic carbocycles. The lowest BCUT2D eigenvalue weighted by atomic mass is 10.1. The lowest BCUT2D eigenvalue weighted by Gasteiger charge is -2.04. The molecular weight excluding hydrogens is 116 g/mol. The van der Waals surface area contributed by atoms with Crippen LogP contribution in [0, 0.1) is 0 Å². The van der Waals surface area contributed by atoms with Crippen molar-refractivity contribution in [1.29, 1.82) is 0 Å². The highest BCUT2D eigenvalue weighted by molar-refractivity contribution is 4.87. The van der Waals surface area contributed by atoms with Gasteiger partial charge in [-0.05, 0) is 19.8 Å². The molecule has 0 aliphatic rings. The Bertz CT molecular complexity index is 88.9. The summed E-state index contributed by atoms with van der Waals surface area (Å²) in [6.07, 6.45) is 0.842. The molecule has 0 radical (unpaired) electrons. The van der Waals surface area contributed by atoms with E-state index in [0.29, 0.717) is 6.42 Å². The van der Waals surface area contributed by atoms with Crippen molar-refractivity contribution < 1.29 is 10.2 Å². The topological polar surface area (TPSA) is 40.5 Å². The molecule has 0 saturated carbocycles. The molecule has 0 aliphatic heterocycles. The van der Waals surface area contributed by atoms with Crippen LogP contribution >= 0.6 is 0 Å². The van der Waals surface area contributed by atoms with Gasteiger partial charge in [-0.3, -0.25) is 0 Å². The molecule has 1 atom stereocenters. The molecule has 0 spiro atoms. The molecule has 2 N–H and O–H groups in total. The van der Waals surface area contributed by atoms with Crippen molar-refractivity contribution in [3.8, 4) is 0 Å². The molecule has 0 aliphatic carbocycles. The molecule has 0 unspecified atom stereocenters. The Morgan fingerprint density at radius 3 is 2.56 bits per heavy atom. The molecule has 0 fully saturated rings. The lowest BCUT2D eigenvalue weighted by Crippen LogP contribution is -2.11. The van der Waals surface area contributed by atoms with Crippen LogP contribution in [-0.4, -0.2) is 22.9 Å². The maximum atomic E-state index is 8.82. The highest BCUT2D eigenvalue weighted by Gasteiger charge is 1.99. The minimum Gasteiger partial charge on any atom is -0.394 e. The highest BCUT2D eigenvalue weighted by atomic mass is 16.3. The maximum Gasteiger partial charge on any atom is 0.0774 e. The molecule has 2 nitrogen and oxygen atoms in total. The molecule has 0 amide bonds. The molecule has 2 heteroatoms. The summed E-state index contributed by atoms with van der Waals surface area (Å²) in [5.41, 5.74) is 1.04. The fourth-order valence-electron chi connectivity index (χ4n) is 0.504. The molecule has 0 rings (SSSR count). The van der Waals surface area contributed by atoms with Crippen LogP contribution in [0.25, 0.3) is 0 Å². The number of rotatable bonds is 4. The SMILES string of the molecule is C=C(C)CC[C@H](O)CO. The Morgan fingerprint density at radius 2 is 2.22 bits per heavy atom. The number of hydrogen-bond donors (Lipinski definition) is 2. The first-order valence-corrected chi connectivity index (χ1v) is 3.10. The molecule has 0 aromatic heterocycles. The summed E-state index contributed by atoms with van der Waals surface area (Å²) in [5.74, 6) is 0. The average Bonchev–Trinajstić information content (AvgIpc) is 1.83. The van der Waals surface area contributed by atoms with E-state index in [0.717, 1.165) is 12.0 Å². The first-order chi connectivity index (χ1) is 4.16. The summed E-state index contributed by atoms with van der Waals surface area (Å²) in [7, 11) is 0. The maximum absolute atomic E-state index is 8.82. The molecule has 54 valence electrons.